The maximum absolute atomic E-state index is 10.2. The zero-order valence-electron chi connectivity index (χ0n) is 71.4. The fourth-order valence-electron chi connectivity index (χ4n) is 6.58. The molecule has 2 nitrogen and oxygen atoms in total. The number of fused-ring (bicyclic) bond motifs is 6. The lowest BCUT2D eigenvalue weighted by molar-refractivity contribution is 0.660. The second-order valence-corrected chi connectivity index (χ2v) is 12.5. The molecule has 9 aromatic carbocycles. The Balaban J connectivity index is 1.34. The minimum absolute atomic E-state index is 0.0447. The minimum Gasteiger partial charge on any atom is -0.310 e. The van der Waals surface area contributed by atoms with Crippen LogP contribution in [0.2, 0.25) is 0 Å². The summed E-state index contributed by atoms with van der Waals surface area (Å²) in [5.41, 5.74) is -22.1. The van der Waals surface area contributed by atoms with Crippen molar-refractivity contribution in [3.05, 3.63) is 229 Å². The average Bonchev–Trinajstić information content (AvgIpc) is 1.51. The van der Waals surface area contributed by atoms with Gasteiger partial charge in [0.25, 0.3) is 0 Å². The summed E-state index contributed by atoms with van der Waals surface area (Å²) in [6.45, 7) is -8.27. The molecule has 2 heteroatoms. The molecule has 0 aliphatic heterocycles. The molecule has 0 atom stereocenters. The first-order chi connectivity index (χ1) is 46.5. The Kier molecular flexibility index (Phi) is 2.90. The molecule has 0 radical (unpaired) electrons. The van der Waals surface area contributed by atoms with E-state index in [4.69, 9.17) is 37.0 Å². The Morgan fingerprint density at radius 3 is 1.63 bits per heavy atom. The summed E-state index contributed by atoms with van der Waals surface area (Å²) >= 11 is 0. The first kappa shape index (κ1) is 12.3. The van der Waals surface area contributed by atoms with Gasteiger partial charge in [0.2, 0.25) is 0 Å². The van der Waals surface area contributed by atoms with Crippen molar-refractivity contribution in [2.75, 3.05) is 4.90 Å². The molecule has 59 heavy (non-hydrogen) atoms. The van der Waals surface area contributed by atoms with E-state index in [2.05, 4.69) is 0 Å². The third-order valence-corrected chi connectivity index (χ3v) is 9.19. The predicted molar refractivity (Wildman–Crippen MR) is 249 cm³/mol. The van der Waals surface area contributed by atoms with Crippen LogP contribution in [0.25, 0.3) is 72.0 Å². The fraction of sp³-hybridized carbons (Fsp3) is 0.0526. The van der Waals surface area contributed by atoms with Gasteiger partial charge in [-0.05, 0) is 122 Å². The Morgan fingerprint density at radius 2 is 0.915 bits per heavy atom. The van der Waals surface area contributed by atoms with Crippen LogP contribution < -0.4 is 4.90 Å². The van der Waals surface area contributed by atoms with Gasteiger partial charge in [-0.1, -0.05) is 165 Å². The lowest BCUT2D eigenvalue weighted by Gasteiger charge is -2.28. The van der Waals surface area contributed by atoms with E-state index in [-0.39, 0.29) is 4.90 Å². The van der Waals surface area contributed by atoms with Crippen molar-refractivity contribution in [1.29, 1.82) is 0 Å². The topological polar surface area (TPSA) is 8.17 Å². The van der Waals surface area contributed by atoms with E-state index in [0.29, 0.717) is 4.57 Å². The van der Waals surface area contributed by atoms with E-state index in [1.807, 2.05) is 0 Å². The third kappa shape index (κ3) is 5.79. The maximum Gasteiger partial charge on any atom is 0.0648 e. The number of anilines is 3. The number of rotatable bonds is 7. The van der Waals surface area contributed by atoms with Gasteiger partial charge in [-0.15, -0.1) is 0 Å². The molecule has 1 aliphatic carbocycles. The van der Waals surface area contributed by atoms with Crippen LogP contribution in [-0.2, 0) is 5.41 Å². The molecule has 1 heterocycles. The van der Waals surface area contributed by atoms with E-state index in [9.17, 15) is 20.6 Å². The lowest BCUT2D eigenvalue weighted by atomic mass is 9.82. The highest BCUT2D eigenvalue weighted by atomic mass is 15.1. The molecular formula is C57H42N2. The highest BCUT2D eigenvalue weighted by Gasteiger charge is 2.35. The monoisotopic (exact) mass is 797 g/mol. The van der Waals surface area contributed by atoms with Crippen molar-refractivity contribution in [2.24, 2.45) is 0 Å². The Hall–Kier alpha value is -7.42. The summed E-state index contributed by atoms with van der Waals surface area (Å²) in [6.07, 6.45) is 0. The molecule has 0 fully saturated rings. The summed E-state index contributed by atoms with van der Waals surface area (Å²) in [5, 5.41) is -1.50. The van der Waals surface area contributed by atoms with Gasteiger partial charge in [-0.2, -0.15) is 0 Å². The van der Waals surface area contributed by atoms with Crippen molar-refractivity contribution in [2.45, 2.75) is 19.1 Å². The third-order valence-electron chi connectivity index (χ3n) is 9.19. The molecule has 0 saturated carbocycles. The van der Waals surface area contributed by atoms with E-state index >= 15 is 0 Å². The largest absolute Gasteiger partial charge is 0.310 e. The predicted octanol–water partition coefficient (Wildman–Crippen LogP) is 15.6. The van der Waals surface area contributed by atoms with Gasteiger partial charge in [0.15, 0.2) is 0 Å². The van der Waals surface area contributed by atoms with Gasteiger partial charge < -0.3 is 9.47 Å². The molecule has 11 rings (SSSR count). The smallest absolute Gasteiger partial charge is 0.0648 e. The van der Waals surface area contributed by atoms with E-state index in [0.717, 1.165) is 0 Å². The highest BCUT2D eigenvalue weighted by Crippen LogP contribution is 2.51. The van der Waals surface area contributed by atoms with Gasteiger partial charge in [-0.3, -0.25) is 0 Å². The normalized spacial score (nSPS) is 23.2. The molecule has 1 aliphatic rings. The molecule has 0 spiro atoms. The van der Waals surface area contributed by atoms with Crippen molar-refractivity contribution in [3.8, 4) is 50.2 Å². The first-order valence-electron chi connectivity index (χ1n) is 38.1. The molecular weight excluding hydrogens is 713 g/mol. The lowest BCUT2D eigenvalue weighted by Crippen LogP contribution is -2.16. The van der Waals surface area contributed by atoms with Crippen LogP contribution in [0.15, 0.2) is 218 Å². The summed E-state index contributed by atoms with van der Waals surface area (Å²) in [7, 11) is 0. The summed E-state index contributed by atoms with van der Waals surface area (Å²) in [6, 6.07) is -44.2. The zero-order valence-corrected chi connectivity index (χ0v) is 29.4. The molecule has 10 aromatic rings. The molecule has 0 saturated heterocycles. The number of hydrogen-bond acceptors (Lipinski definition) is 1. The summed E-state index contributed by atoms with van der Waals surface area (Å²) in [5.74, 6) is 0. The van der Waals surface area contributed by atoms with Crippen molar-refractivity contribution >= 4 is 38.9 Å². The molecule has 0 unspecified atom stereocenters. The highest BCUT2D eigenvalue weighted by molar-refractivity contribution is 6.10. The number of hydrogen-bond donors (Lipinski definition) is 0. The summed E-state index contributed by atoms with van der Waals surface area (Å²) < 4.78 is 384. The van der Waals surface area contributed by atoms with Crippen LogP contribution in [-0.4, -0.2) is 4.57 Å². The van der Waals surface area contributed by atoms with E-state index in [1.54, 1.807) is 0 Å². The fourth-order valence-corrected chi connectivity index (χ4v) is 6.58. The maximum atomic E-state index is 10.2. The van der Waals surface area contributed by atoms with Gasteiger partial charge in [0.05, 0.1) is 60.4 Å². The quantitative estimate of drug-likeness (QED) is 0.156. The SMILES string of the molecule is [2H]c1c([2H])c([2H])c(-c2c([2H])c([2H])c([2H])c([2H])c2-c2c([2H])c([2H])c(N(c3c([2H])c([2H])c(-c4c([2H])c([2H])c5c(c4[2H])c4c([2H])c([2H])c([2H])c([2H])c4n5-c4c([2H])c([2H])c([2H])c([2H])c4[2H])c([2H])c3[2H])c3c([2H])c([2H])c4c(c3[2H])C(C([2H])([2H])[2H])(C([2H])([2H])[2H])c3c([2H])c([2H])c([2H])c([2H])c3-4)c([2H])c2[2H])c([2H])c1[2H]. The second-order valence-electron chi connectivity index (χ2n) is 12.5. The van der Waals surface area contributed by atoms with E-state index in [1.165, 1.54) is 0 Å². The van der Waals surface area contributed by atoms with Crippen LogP contribution in [0.1, 0.15) is 82.4 Å². The van der Waals surface area contributed by atoms with Crippen LogP contribution in [0, 0.1) is 0 Å². The van der Waals surface area contributed by atoms with Crippen LogP contribution >= 0.6 is 0 Å². The first-order valence-corrected chi connectivity index (χ1v) is 17.1. The zero-order chi connectivity index (χ0) is 75.8. The summed E-state index contributed by atoms with van der Waals surface area (Å²) in [4.78, 5) is 0.0447. The van der Waals surface area contributed by atoms with E-state index < -0.39 is 337 Å². The molecule has 280 valence electrons. The Morgan fingerprint density at radius 1 is 0.390 bits per heavy atom. The van der Waals surface area contributed by atoms with Crippen LogP contribution in [0.3, 0.4) is 0 Å². The average molecular weight is 797 g/mol. The van der Waals surface area contributed by atoms with Crippen LogP contribution in [0.4, 0.5) is 17.1 Å². The molecule has 0 N–H and O–H groups in total. The molecule has 1 aromatic heterocycles. The molecule has 0 bridgehead atoms. The van der Waals surface area contributed by atoms with Gasteiger partial charge in [0.1, 0.15) is 0 Å². The Labute approximate surface area is 404 Å². The van der Waals surface area contributed by atoms with Gasteiger partial charge in [0, 0.05) is 47.2 Å². The number of aromatic nitrogens is 1. The number of nitrogens with zero attached hydrogens (tertiary/aromatic N) is 2. The van der Waals surface area contributed by atoms with Crippen LogP contribution in [0.5, 0.6) is 0 Å². The van der Waals surface area contributed by atoms with Crippen molar-refractivity contribution in [3.63, 3.8) is 0 Å². The minimum atomic E-state index is -4.13. The van der Waals surface area contributed by atoms with Crippen molar-refractivity contribution in [1.82, 2.24) is 4.57 Å². The van der Waals surface area contributed by atoms with Gasteiger partial charge >= 0.3 is 0 Å². The van der Waals surface area contributed by atoms with Gasteiger partial charge in [-0.25, -0.2) is 0 Å². The number of para-hydroxylation sites is 2. The Bertz CT molecular complexity index is 5400. The second kappa shape index (κ2) is 13.9. The standard InChI is InChI=1S/C57H42N2/c1-57(2)53-23-13-11-21-49(53)50-35-34-46(38-54(50)57)58(45-32-27-41(28-33-45)48-20-10-9-19-47(48)40-15-5-3-6-16-40)44-30-25-39(26-31-44)42-29-36-56-52(37-42)51-22-12-14-24-55(51)59(56)43-17-7-4-8-18-43/h3-38H,1-2H3/i1D3,2D3,3D,4D,5D,6D,7D,8D,9D,10D,11D,12D,13D,14D,15D,16D,17D,18D,19D,20D,21D,22D,23D,24D,25D,26D,27D,28D,29D,30D,31D,32D,33D,34D,35D,36D,37D,38D. The molecule has 0 amide bonds. The van der Waals surface area contributed by atoms with Crippen molar-refractivity contribution < 1.29 is 57.6 Å². The number of benzene rings is 9.